The van der Waals surface area contributed by atoms with Gasteiger partial charge in [0.05, 0.1) is 18.1 Å². The third-order valence-corrected chi connectivity index (χ3v) is 12.4. The van der Waals surface area contributed by atoms with E-state index in [1.54, 1.807) is 4.90 Å². The second-order valence-corrected chi connectivity index (χ2v) is 14.0. The van der Waals surface area contributed by atoms with E-state index >= 15 is 0 Å². The van der Waals surface area contributed by atoms with Crippen molar-refractivity contribution in [3.63, 3.8) is 0 Å². The first-order chi connectivity index (χ1) is 17.0. The Hall–Kier alpha value is -1.14. The van der Waals surface area contributed by atoms with Crippen molar-refractivity contribution < 1.29 is 24.9 Å². The number of carboxylic acid groups (broad SMARTS) is 1. The summed E-state index contributed by atoms with van der Waals surface area (Å²) < 4.78 is 0. The molecule has 5 rings (SSSR count). The summed E-state index contributed by atoms with van der Waals surface area (Å²) in [6.07, 6.45) is 10.9. The fourth-order valence-electron chi connectivity index (χ4n) is 10.3. The average molecular weight is 504 g/mol. The Labute approximate surface area is 217 Å². The molecule has 0 aromatic heterocycles. The number of fused-ring (bicyclic) bond motifs is 5. The lowest BCUT2D eigenvalue weighted by Crippen LogP contribution is -2.58. The number of hydrogen-bond acceptors (Lipinski definition) is 4. The molecule has 5 fully saturated rings. The first-order valence-electron chi connectivity index (χ1n) is 14.9. The molecule has 4 aliphatic carbocycles. The van der Waals surface area contributed by atoms with Crippen LogP contribution in [0.15, 0.2) is 0 Å². The molecule has 1 heterocycles. The molecule has 6 nitrogen and oxygen atoms in total. The lowest BCUT2D eigenvalue weighted by atomic mass is 9.43. The van der Waals surface area contributed by atoms with E-state index in [1.807, 2.05) is 0 Å². The molecule has 0 aromatic carbocycles. The van der Waals surface area contributed by atoms with E-state index in [4.69, 9.17) is 0 Å². The zero-order valence-corrected chi connectivity index (χ0v) is 22.7. The number of aliphatic hydroxyl groups excluding tert-OH is 2. The van der Waals surface area contributed by atoms with Gasteiger partial charge in [0, 0.05) is 19.5 Å². The maximum absolute atomic E-state index is 13.0. The predicted molar refractivity (Wildman–Crippen MR) is 138 cm³/mol. The standard InChI is InChI=1S/C30H49NO5/c1-18(6-9-26(34)31-14-4-5-19(17-31)28(35)36)22-7-8-23-27-24(11-13-30(22,23)3)29(2)12-10-21(32)15-20(29)16-25(27)33/h18-25,27,32-33H,4-17H2,1-3H3,(H,35,36)/t18?,19?,20-,21+,22?,23?,24?,25?,27?,29-,30+/m0/s1. The molecule has 0 bridgehead atoms. The summed E-state index contributed by atoms with van der Waals surface area (Å²) in [5, 5.41) is 31.1. The number of nitrogens with zero attached hydrogens (tertiary/aromatic N) is 1. The van der Waals surface area contributed by atoms with E-state index in [-0.39, 0.29) is 28.9 Å². The maximum Gasteiger partial charge on any atom is 0.308 e. The second-order valence-electron chi connectivity index (χ2n) is 14.0. The SMILES string of the molecule is CC(CCC(=O)N1CCCC(C(=O)O)C1)C1CCC2C3C(O)C[C@@H]4C[C@H](O)CC[C@]4(C)C3CC[C@]12C. The fourth-order valence-corrected chi connectivity index (χ4v) is 10.3. The summed E-state index contributed by atoms with van der Waals surface area (Å²) in [6.45, 7) is 8.33. The number of rotatable bonds is 5. The van der Waals surface area contributed by atoms with Gasteiger partial charge in [-0.05, 0) is 117 Å². The molecule has 1 aliphatic heterocycles. The first kappa shape index (κ1) is 26.5. The molecule has 5 aliphatic rings. The fraction of sp³-hybridized carbons (Fsp3) is 0.933. The van der Waals surface area contributed by atoms with Gasteiger partial charge in [0.1, 0.15) is 0 Å². The van der Waals surface area contributed by atoms with Crippen molar-refractivity contribution >= 4 is 11.9 Å². The molecular weight excluding hydrogens is 454 g/mol. The van der Waals surface area contributed by atoms with E-state index in [1.165, 1.54) is 25.7 Å². The number of carbonyl (C=O) groups excluding carboxylic acids is 1. The molecule has 204 valence electrons. The highest BCUT2D eigenvalue weighted by atomic mass is 16.4. The van der Waals surface area contributed by atoms with Gasteiger partial charge in [-0.3, -0.25) is 9.59 Å². The Morgan fingerprint density at radius 2 is 1.69 bits per heavy atom. The van der Waals surface area contributed by atoms with Gasteiger partial charge in [-0.25, -0.2) is 0 Å². The minimum Gasteiger partial charge on any atom is -0.481 e. The van der Waals surface area contributed by atoms with Crippen LogP contribution in [0.5, 0.6) is 0 Å². The molecular formula is C30H49NO5. The molecule has 1 saturated heterocycles. The number of carboxylic acids is 1. The smallest absolute Gasteiger partial charge is 0.308 e. The van der Waals surface area contributed by atoms with E-state index in [0.29, 0.717) is 61.4 Å². The van der Waals surface area contributed by atoms with E-state index in [0.717, 1.165) is 38.5 Å². The molecule has 0 spiro atoms. The van der Waals surface area contributed by atoms with Crippen LogP contribution in [-0.2, 0) is 9.59 Å². The zero-order chi connectivity index (χ0) is 25.8. The first-order valence-corrected chi connectivity index (χ1v) is 14.9. The number of carbonyl (C=O) groups is 2. The molecule has 4 saturated carbocycles. The highest BCUT2D eigenvalue weighted by Crippen LogP contribution is 2.68. The highest BCUT2D eigenvalue weighted by molar-refractivity contribution is 5.78. The van der Waals surface area contributed by atoms with Crippen molar-refractivity contribution in [2.24, 2.45) is 52.3 Å². The van der Waals surface area contributed by atoms with Crippen LogP contribution in [0.3, 0.4) is 0 Å². The van der Waals surface area contributed by atoms with Gasteiger partial charge in [0.25, 0.3) is 0 Å². The maximum atomic E-state index is 13.0. The number of aliphatic carboxylic acids is 1. The van der Waals surface area contributed by atoms with Gasteiger partial charge < -0.3 is 20.2 Å². The zero-order valence-electron chi connectivity index (χ0n) is 22.7. The van der Waals surface area contributed by atoms with E-state index in [2.05, 4.69) is 20.8 Å². The van der Waals surface area contributed by atoms with Gasteiger partial charge in [-0.2, -0.15) is 0 Å². The Morgan fingerprint density at radius 3 is 2.44 bits per heavy atom. The van der Waals surface area contributed by atoms with Gasteiger partial charge in [-0.15, -0.1) is 0 Å². The van der Waals surface area contributed by atoms with Crippen LogP contribution in [0.4, 0.5) is 0 Å². The Bertz CT molecular complexity index is 847. The summed E-state index contributed by atoms with van der Waals surface area (Å²) in [5.74, 6) is 1.89. The van der Waals surface area contributed by atoms with Crippen molar-refractivity contribution in [3.8, 4) is 0 Å². The molecule has 3 N–H and O–H groups in total. The van der Waals surface area contributed by atoms with Crippen LogP contribution < -0.4 is 0 Å². The van der Waals surface area contributed by atoms with Gasteiger partial charge in [0.2, 0.25) is 5.91 Å². The molecule has 0 aromatic rings. The summed E-state index contributed by atoms with van der Waals surface area (Å²) in [4.78, 5) is 26.1. The van der Waals surface area contributed by atoms with Crippen molar-refractivity contribution in [3.05, 3.63) is 0 Å². The van der Waals surface area contributed by atoms with Crippen molar-refractivity contribution in [1.29, 1.82) is 0 Å². The largest absolute Gasteiger partial charge is 0.481 e. The molecule has 36 heavy (non-hydrogen) atoms. The summed E-state index contributed by atoms with van der Waals surface area (Å²) in [6, 6.07) is 0. The van der Waals surface area contributed by atoms with Crippen LogP contribution in [0.1, 0.15) is 97.8 Å². The average Bonchev–Trinajstić information content (AvgIpc) is 3.20. The Morgan fingerprint density at radius 1 is 0.972 bits per heavy atom. The molecule has 1 amide bonds. The number of hydrogen-bond donors (Lipinski definition) is 3. The van der Waals surface area contributed by atoms with Crippen molar-refractivity contribution in [1.82, 2.24) is 4.90 Å². The van der Waals surface area contributed by atoms with Crippen molar-refractivity contribution in [2.45, 2.75) is 110 Å². The third kappa shape index (κ3) is 4.42. The normalized spacial score (nSPS) is 47.4. The van der Waals surface area contributed by atoms with Crippen LogP contribution >= 0.6 is 0 Å². The number of amides is 1. The molecule has 11 atom stereocenters. The summed E-state index contributed by atoms with van der Waals surface area (Å²) >= 11 is 0. The summed E-state index contributed by atoms with van der Waals surface area (Å²) in [5.41, 5.74) is 0.477. The lowest BCUT2D eigenvalue weighted by molar-refractivity contribution is -0.174. The monoisotopic (exact) mass is 503 g/mol. The van der Waals surface area contributed by atoms with Gasteiger partial charge in [-0.1, -0.05) is 20.8 Å². The Kier molecular flexibility index (Phi) is 7.26. The predicted octanol–water partition coefficient (Wildman–Crippen LogP) is 4.72. The van der Waals surface area contributed by atoms with Crippen LogP contribution in [-0.4, -0.2) is 57.4 Å². The van der Waals surface area contributed by atoms with Crippen LogP contribution in [0, 0.1) is 52.3 Å². The lowest BCUT2D eigenvalue weighted by Gasteiger charge is -2.62. The topological polar surface area (TPSA) is 98.1 Å². The van der Waals surface area contributed by atoms with E-state index in [9.17, 15) is 24.9 Å². The third-order valence-electron chi connectivity index (χ3n) is 12.4. The molecule has 0 radical (unpaired) electrons. The minimum absolute atomic E-state index is 0.123. The van der Waals surface area contributed by atoms with E-state index < -0.39 is 11.9 Å². The van der Waals surface area contributed by atoms with Crippen LogP contribution in [0.25, 0.3) is 0 Å². The molecule has 6 heteroatoms. The van der Waals surface area contributed by atoms with Crippen LogP contribution in [0.2, 0.25) is 0 Å². The second kappa shape index (κ2) is 9.87. The number of aliphatic hydroxyl groups is 2. The van der Waals surface area contributed by atoms with Gasteiger partial charge in [0.15, 0.2) is 0 Å². The minimum atomic E-state index is -0.782. The number of likely N-dealkylation sites (tertiary alicyclic amines) is 1. The quantitative estimate of drug-likeness (QED) is 0.504. The summed E-state index contributed by atoms with van der Waals surface area (Å²) in [7, 11) is 0. The Balaban J connectivity index is 1.23. The number of piperidine rings is 1. The molecule has 7 unspecified atom stereocenters. The van der Waals surface area contributed by atoms with Gasteiger partial charge >= 0.3 is 5.97 Å². The van der Waals surface area contributed by atoms with Crippen molar-refractivity contribution in [2.75, 3.05) is 13.1 Å². The highest BCUT2D eigenvalue weighted by Gasteiger charge is 2.62.